The molecule has 1 fully saturated rings. The van der Waals surface area contributed by atoms with Gasteiger partial charge in [-0.3, -0.25) is 9.59 Å². The van der Waals surface area contributed by atoms with E-state index in [9.17, 15) is 9.59 Å². The number of carbonyl (C=O) groups is 2. The molecular formula is C20H20ClN3O2S. The number of carbonyl (C=O) groups excluding carboxylic acids is 2. The Bertz CT molecular complexity index is 875. The number of benzene rings is 1. The summed E-state index contributed by atoms with van der Waals surface area (Å²) >= 11 is 7.62. The van der Waals surface area contributed by atoms with Gasteiger partial charge in [0.05, 0.1) is 16.6 Å². The van der Waals surface area contributed by atoms with Crippen LogP contribution in [0.4, 0.5) is 0 Å². The zero-order valence-electron chi connectivity index (χ0n) is 15.0. The molecule has 0 spiro atoms. The maximum atomic E-state index is 13.0. The molecule has 1 aromatic carbocycles. The highest BCUT2D eigenvalue weighted by atomic mass is 35.5. The van der Waals surface area contributed by atoms with Crippen molar-refractivity contribution in [2.24, 2.45) is 11.0 Å². The van der Waals surface area contributed by atoms with E-state index in [1.54, 1.807) is 18.4 Å². The first-order valence-electron chi connectivity index (χ1n) is 8.97. The van der Waals surface area contributed by atoms with Gasteiger partial charge in [0.2, 0.25) is 5.91 Å². The Morgan fingerprint density at radius 1 is 1.26 bits per heavy atom. The van der Waals surface area contributed by atoms with Crippen LogP contribution in [0.15, 0.2) is 46.9 Å². The molecule has 1 aliphatic carbocycles. The van der Waals surface area contributed by atoms with Gasteiger partial charge in [-0.15, -0.1) is 11.3 Å². The second kappa shape index (κ2) is 7.44. The maximum absolute atomic E-state index is 13.0. The summed E-state index contributed by atoms with van der Waals surface area (Å²) in [5.41, 5.74) is 1.88. The van der Waals surface area contributed by atoms with Crippen LogP contribution in [0, 0.1) is 5.92 Å². The Labute approximate surface area is 167 Å². The van der Waals surface area contributed by atoms with Crippen LogP contribution in [0.3, 0.4) is 0 Å². The molecule has 5 nitrogen and oxygen atoms in total. The van der Waals surface area contributed by atoms with E-state index in [0.29, 0.717) is 11.4 Å². The molecule has 1 saturated carbocycles. The predicted octanol–water partition coefficient (Wildman–Crippen LogP) is 3.95. The van der Waals surface area contributed by atoms with Gasteiger partial charge >= 0.3 is 0 Å². The van der Waals surface area contributed by atoms with Gasteiger partial charge in [0, 0.05) is 24.4 Å². The Balaban J connectivity index is 1.57. The van der Waals surface area contributed by atoms with Gasteiger partial charge in [-0.05, 0) is 42.0 Å². The molecule has 0 saturated heterocycles. The van der Waals surface area contributed by atoms with Crippen LogP contribution in [0.2, 0.25) is 5.02 Å². The number of thiophene rings is 1. The third-order valence-electron chi connectivity index (χ3n) is 4.90. The lowest BCUT2D eigenvalue weighted by Gasteiger charge is -2.25. The predicted molar refractivity (Wildman–Crippen MR) is 107 cm³/mol. The topological polar surface area (TPSA) is 53.0 Å². The maximum Gasteiger partial charge on any atom is 0.262 e. The van der Waals surface area contributed by atoms with Crippen molar-refractivity contribution in [1.29, 1.82) is 0 Å². The molecule has 2 amide bonds. The Morgan fingerprint density at radius 2 is 2.00 bits per heavy atom. The number of hydrogen-bond donors (Lipinski definition) is 0. The number of halogens is 1. The summed E-state index contributed by atoms with van der Waals surface area (Å²) in [5.74, 6) is -0.0234. The van der Waals surface area contributed by atoms with E-state index in [0.717, 1.165) is 29.0 Å². The molecule has 0 bridgehead atoms. The van der Waals surface area contributed by atoms with E-state index in [1.807, 2.05) is 41.8 Å². The second-order valence-electron chi connectivity index (χ2n) is 7.00. The SMILES string of the molecule is CN(CC(=O)N1N=C(c2cccs2)C[C@H]1c1ccc(Cl)cc1)C(=O)C1CC1. The fourth-order valence-electron chi connectivity index (χ4n) is 3.27. The summed E-state index contributed by atoms with van der Waals surface area (Å²) in [6.07, 6.45) is 2.50. The lowest BCUT2D eigenvalue weighted by molar-refractivity contribution is -0.141. The summed E-state index contributed by atoms with van der Waals surface area (Å²) in [5, 5.41) is 8.82. The summed E-state index contributed by atoms with van der Waals surface area (Å²) in [6, 6.07) is 11.3. The minimum atomic E-state index is -0.184. The fourth-order valence-corrected chi connectivity index (χ4v) is 4.12. The normalized spacial score (nSPS) is 19.1. The molecule has 1 atom stereocenters. The minimum absolute atomic E-state index is 0.0423. The number of hydrazone groups is 1. The van der Waals surface area contributed by atoms with Crippen LogP contribution in [0.1, 0.15) is 35.7 Å². The zero-order valence-corrected chi connectivity index (χ0v) is 16.5. The largest absolute Gasteiger partial charge is 0.336 e. The van der Waals surface area contributed by atoms with Gasteiger partial charge in [0.25, 0.3) is 5.91 Å². The van der Waals surface area contributed by atoms with Gasteiger partial charge in [-0.25, -0.2) is 5.01 Å². The first-order chi connectivity index (χ1) is 13.0. The van der Waals surface area contributed by atoms with Crippen LogP contribution >= 0.6 is 22.9 Å². The molecule has 0 N–H and O–H groups in total. The molecule has 7 heteroatoms. The quantitative estimate of drug-likeness (QED) is 0.761. The van der Waals surface area contributed by atoms with Crippen molar-refractivity contribution in [2.45, 2.75) is 25.3 Å². The molecule has 0 radical (unpaired) electrons. The number of amides is 2. The average Bonchev–Trinajstić information content (AvgIpc) is 3.18. The van der Waals surface area contributed by atoms with Gasteiger partial charge in [0.1, 0.15) is 6.54 Å². The third-order valence-corrected chi connectivity index (χ3v) is 6.07. The van der Waals surface area contributed by atoms with Crippen LogP contribution in [0.5, 0.6) is 0 Å². The second-order valence-corrected chi connectivity index (χ2v) is 8.39. The standard InChI is InChI=1S/C20H20ClN3O2S/c1-23(20(26)14-4-5-14)12-19(25)24-17(13-6-8-15(21)9-7-13)11-16(22-24)18-3-2-10-27-18/h2-3,6-10,14,17H,4-5,11-12H2,1H3/t17-/m0/s1. The molecule has 2 aliphatic rings. The van der Waals surface area contributed by atoms with E-state index < -0.39 is 0 Å². The Morgan fingerprint density at radius 3 is 2.63 bits per heavy atom. The van der Waals surface area contributed by atoms with E-state index in [4.69, 9.17) is 11.6 Å². The molecule has 0 unspecified atom stereocenters. The molecule has 4 rings (SSSR count). The first kappa shape index (κ1) is 18.2. The molecular weight excluding hydrogens is 382 g/mol. The van der Waals surface area contributed by atoms with Crippen LogP contribution in [-0.2, 0) is 9.59 Å². The molecule has 1 aliphatic heterocycles. The molecule has 1 aromatic heterocycles. The van der Waals surface area contributed by atoms with Crippen molar-refractivity contribution in [3.05, 3.63) is 57.2 Å². The minimum Gasteiger partial charge on any atom is -0.336 e. The van der Waals surface area contributed by atoms with Crippen LogP contribution in [0.25, 0.3) is 0 Å². The van der Waals surface area contributed by atoms with Gasteiger partial charge in [0.15, 0.2) is 0 Å². The van der Waals surface area contributed by atoms with E-state index in [2.05, 4.69) is 5.10 Å². The van der Waals surface area contributed by atoms with Crippen LogP contribution in [-0.4, -0.2) is 41.0 Å². The van der Waals surface area contributed by atoms with E-state index >= 15 is 0 Å². The summed E-state index contributed by atoms with van der Waals surface area (Å²) in [7, 11) is 1.69. The highest BCUT2D eigenvalue weighted by molar-refractivity contribution is 7.12. The average molecular weight is 402 g/mol. The molecule has 27 heavy (non-hydrogen) atoms. The van der Waals surface area contributed by atoms with Crippen molar-refractivity contribution >= 4 is 40.5 Å². The number of hydrogen-bond acceptors (Lipinski definition) is 4. The van der Waals surface area contributed by atoms with E-state index in [-0.39, 0.29) is 30.3 Å². The molecule has 140 valence electrons. The fraction of sp³-hybridized carbons (Fsp3) is 0.350. The van der Waals surface area contributed by atoms with Crippen molar-refractivity contribution in [3.63, 3.8) is 0 Å². The van der Waals surface area contributed by atoms with Crippen molar-refractivity contribution in [1.82, 2.24) is 9.91 Å². The van der Waals surface area contributed by atoms with Crippen LogP contribution < -0.4 is 0 Å². The van der Waals surface area contributed by atoms with E-state index in [1.165, 1.54) is 9.91 Å². The molecule has 2 heterocycles. The van der Waals surface area contributed by atoms with Crippen molar-refractivity contribution in [3.8, 4) is 0 Å². The van der Waals surface area contributed by atoms with Crippen molar-refractivity contribution in [2.75, 3.05) is 13.6 Å². The highest BCUT2D eigenvalue weighted by Crippen LogP contribution is 2.35. The number of rotatable bonds is 5. The Kier molecular flexibility index (Phi) is 5.02. The summed E-state index contributed by atoms with van der Waals surface area (Å²) < 4.78 is 0. The molecule has 2 aromatic rings. The van der Waals surface area contributed by atoms with Crippen molar-refractivity contribution < 1.29 is 9.59 Å². The number of likely N-dealkylation sites (N-methyl/N-ethyl adjacent to an activating group) is 1. The Hall–Kier alpha value is -2.18. The van der Waals surface area contributed by atoms with Gasteiger partial charge in [-0.1, -0.05) is 29.8 Å². The van der Waals surface area contributed by atoms with Gasteiger partial charge < -0.3 is 4.90 Å². The monoisotopic (exact) mass is 401 g/mol. The summed E-state index contributed by atoms with van der Waals surface area (Å²) in [6.45, 7) is 0.0423. The number of nitrogens with zero attached hydrogens (tertiary/aromatic N) is 3. The third kappa shape index (κ3) is 3.92. The first-order valence-corrected chi connectivity index (χ1v) is 10.2. The highest BCUT2D eigenvalue weighted by Gasteiger charge is 2.36. The lowest BCUT2D eigenvalue weighted by Crippen LogP contribution is -2.39. The zero-order chi connectivity index (χ0) is 19.0. The van der Waals surface area contributed by atoms with Gasteiger partial charge in [-0.2, -0.15) is 5.10 Å². The smallest absolute Gasteiger partial charge is 0.262 e. The summed E-state index contributed by atoms with van der Waals surface area (Å²) in [4.78, 5) is 27.8. The lowest BCUT2D eigenvalue weighted by atomic mass is 10.0.